The van der Waals surface area contributed by atoms with E-state index < -0.39 is 6.16 Å². The van der Waals surface area contributed by atoms with Crippen LogP contribution in [0, 0.1) is 0 Å². The molecule has 0 heterocycles. The summed E-state index contributed by atoms with van der Waals surface area (Å²) in [4.78, 5) is 18.7. The standard InChI is InChI=1S/C5H10O2.CH2O3.K.H/c1-3-5(6)7-4-2;2-1(3)4;;/h3-4H2,1-2H3;(H2,2,3,4);;/q;;+1;-1. The Morgan fingerprint density at radius 3 is 1.75 bits per heavy atom. The van der Waals surface area contributed by atoms with Crippen LogP contribution in [0.2, 0.25) is 0 Å². The van der Waals surface area contributed by atoms with Gasteiger partial charge in [0.15, 0.2) is 0 Å². The van der Waals surface area contributed by atoms with Crippen LogP contribution in [0.25, 0.3) is 0 Å². The molecule has 0 spiro atoms. The quantitative estimate of drug-likeness (QED) is 0.414. The maximum absolute atomic E-state index is 10.2. The molecule has 0 atom stereocenters. The molecule has 0 aliphatic carbocycles. The SMILES string of the molecule is CCOC(=O)CC.O=C(O)O.[H-].[K+]. The van der Waals surface area contributed by atoms with Gasteiger partial charge in [0.05, 0.1) is 6.61 Å². The van der Waals surface area contributed by atoms with Gasteiger partial charge in [0, 0.05) is 6.42 Å². The molecule has 0 rings (SSSR count). The topological polar surface area (TPSA) is 83.8 Å². The molecule has 0 radical (unpaired) electrons. The second-order valence-electron chi connectivity index (χ2n) is 1.44. The molecule has 0 fully saturated rings. The molecular formula is C6H13KO5. The van der Waals surface area contributed by atoms with Crippen LogP contribution in [0.3, 0.4) is 0 Å². The zero-order chi connectivity index (χ0) is 9.28. The molecule has 6 heteroatoms. The second kappa shape index (κ2) is 13.9. The van der Waals surface area contributed by atoms with Gasteiger partial charge >= 0.3 is 63.5 Å². The fourth-order valence-corrected chi connectivity index (χ4v) is 0.263. The minimum atomic E-state index is -1.83. The molecule has 0 aliphatic heterocycles. The van der Waals surface area contributed by atoms with Gasteiger partial charge in [-0.05, 0) is 6.92 Å². The number of hydrogen-bond donors (Lipinski definition) is 2. The van der Waals surface area contributed by atoms with Gasteiger partial charge in [-0.2, -0.15) is 0 Å². The Hall–Kier alpha value is 0.376. The average Bonchev–Trinajstić information content (AvgIpc) is 1.87. The van der Waals surface area contributed by atoms with Crippen LogP contribution in [0.5, 0.6) is 0 Å². The first-order valence-corrected chi connectivity index (χ1v) is 3.12. The Bertz CT molecular complexity index is 126. The molecule has 0 saturated heterocycles. The number of esters is 1. The van der Waals surface area contributed by atoms with Gasteiger partial charge in [-0.15, -0.1) is 0 Å². The van der Waals surface area contributed by atoms with Crippen LogP contribution in [0.4, 0.5) is 4.79 Å². The predicted octanol–water partition coefficient (Wildman–Crippen LogP) is -1.70. The minimum absolute atomic E-state index is 0. The van der Waals surface area contributed by atoms with Crippen LogP contribution in [0.15, 0.2) is 0 Å². The fraction of sp³-hybridized carbons (Fsp3) is 0.667. The summed E-state index contributed by atoms with van der Waals surface area (Å²) in [5.41, 5.74) is 0. The van der Waals surface area contributed by atoms with E-state index in [1.807, 2.05) is 0 Å². The number of hydrogen-bond acceptors (Lipinski definition) is 3. The number of ether oxygens (including phenoxy) is 1. The summed E-state index contributed by atoms with van der Waals surface area (Å²) in [6.07, 6.45) is -1.35. The van der Waals surface area contributed by atoms with Gasteiger partial charge in [0.1, 0.15) is 0 Å². The zero-order valence-corrected chi connectivity index (χ0v) is 10.7. The van der Waals surface area contributed by atoms with Crippen molar-refractivity contribution in [2.45, 2.75) is 20.3 Å². The average molecular weight is 204 g/mol. The third-order valence-corrected chi connectivity index (χ3v) is 0.594. The first kappa shape index (κ1) is 18.2. The molecule has 68 valence electrons. The number of carbonyl (C=O) groups is 2. The third kappa shape index (κ3) is 31.6. The van der Waals surface area contributed by atoms with Gasteiger partial charge in [-0.3, -0.25) is 4.79 Å². The van der Waals surface area contributed by atoms with Crippen molar-refractivity contribution in [1.82, 2.24) is 0 Å². The second-order valence-corrected chi connectivity index (χ2v) is 1.44. The van der Waals surface area contributed by atoms with Crippen molar-refractivity contribution in [2.24, 2.45) is 0 Å². The third-order valence-electron chi connectivity index (χ3n) is 0.594. The Balaban J connectivity index is -0.0000000600. The van der Waals surface area contributed by atoms with E-state index in [0.29, 0.717) is 13.0 Å². The van der Waals surface area contributed by atoms with Crippen LogP contribution in [0.1, 0.15) is 21.7 Å². The maximum Gasteiger partial charge on any atom is 1.00 e. The molecule has 0 aromatic carbocycles. The van der Waals surface area contributed by atoms with Crippen molar-refractivity contribution in [3.8, 4) is 0 Å². The summed E-state index contributed by atoms with van der Waals surface area (Å²) in [5, 5.41) is 13.9. The van der Waals surface area contributed by atoms with Gasteiger partial charge < -0.3 is 16.4 Å². The first-order chi connectivity index (χ1) is 5.04. The summed E-state index contributed by atoms with van der Waals surface area (Å²) >= 11 is 0. The minimum Gasteiger partial charge on any atom is -1.00 e. The molecule has 0 aromatic rings. The molecule has 2 N–H and O–H groups in total. The molecular weight excluding hydrogens is 191 g/mol. The van der Waals surface area contributed by atoms with E-state index in [2.05, 4.69) is 4.74 Å². The van der Waals surface area contributed by atoms with Crippen LogP contribution < -0.4 is 51.4 Å². The van der Waals surface area contributed by atoms with E-state index >= 15 is 0 Å². The van der Waals surface area contributed by atoms with E-state index in [9.17, 15) is 4.79 Å². The first-order valence-electron chi connectivity index (χ1n) is 3.12. The molecule has 0 aromatic heterocycles. The summed E-state index contributed by atoms with van der Waals surface area (Å²) in [6.45, 7) is 4.07. The maximum atomic E-state index is 10.2. The van der Waals surface area contributed by atoms with Crippen molar-refractivity contribution in [2.75, 3.05) is 6.61 Å². The molecule has 0 amide bonds. The van der Waals surface area contributed by atoms with Crippen molar-refractivity contribution in [3.63, 3.8) is 0 Å². The van der Waals surface area contributed by atoms with E-state index in [1.165, 1.54) is 0 Å². The van der Waals surface area contributed by atoms with Gasteiger partial charge in [-0.25, -0.2) is 4.79 Å². The monoisotopic (exact) mass is 204 g/mol. The summed E-state index contributed by atoms with van der Waals surface area (Å²) in [7, 11) is 0. The molecule has 0 saturated carbocycles. The Labute approximate surface area is 115 Å². The largest absolute Gasteiger partial charge is 1.00 e. The summed E-state index contributed by atoms with van der Waals surface area (Å²) in [6, 6.07) is 0. The van der Waals surface area contributed by atoms with Gasteiger partial charge in [0.2, 0.25) is 0 Å². The smallest absolute Gasteiger partial charge is 1.00 e. The van der Waals surface area contributed by atoms with Crippen molar-refractivity contribution in [3.05, 3.63) is 0 Å². The molecule has 5 nitrogen and oxygen atoms in total. The normalized spacial score (nSPS) is 6.83. The molecule has 0 bridgehead atoms. The molecule has 0 aliphatic rings. The molecule has 0 unspecified atom stereocenters. The fourth-order valence-electron chi connectivity index (χ4n) is 0.263. The summed E-state index contributed by atoms with van der Waals surface area (Å²) < 4.78 is 4.55. The van der Waals surface area contributed by atoms with E-state index in [-0.39, 0.29) is 58.8 Å². The molecule has 12 heavy (non-hydrogen) atoms. The van der Waals surface area contributed by atoms with E-state index in [0.717, 1.165) is 0 Å². The van der Waals surface area contributed by atoms with Crippen LogP contribution in [-0.4, -0.2) is 28.9 Å². The Morgan fingerprint density at radius 2 is 1.67 bits per heavy atom. The van der Waals surface area contributed by atoms with Crippen molar-refractivity contribution < 1.29 is 77.4 Å². The zero-order valence-electron chi connectivity index (χ0n) is 8.53. The summed E-state index contributed by atoms with van der Waals surface area (Å²) in [5.74, 6) is -0.123. The number of carboxylic acid groups (broad SMARTS) is 2. The number of carbonyl (C=O) groups excluding carboxylic acids is 1. The number of rotatable bonds is 2. The van der Waals surface area contributed by atoms with Crippen molar-refractivity contribution in [1.29, 1.82) is 0 Å². The van der Waals surface area contributed by atoms with Crippen LogP contribution in [-0.2, 0) is 9.53 Å². The van der Waals surface area contributed by atoms with Gasteiger partial charge in [-0.1, -0.05) is 6.92 Å². The van der Waals surface area contributed by atoms with Gasteiger partial charge in [0.25, 0.3) is 0 Å². The van der Waals surface area contributed by atoms with E-state index in [4.69, 9.17) is 15.0 Å². The Kier molecular flexibility index (Phi) is 21.2. The predicted molar refractivity (Wildman–Crippen MR) is 38.7 cm³/mol. The van der Waals surface area contributed by atoms with Crippen LogP contribution >= 0.6 is 0 Å². The van der Waals surface area contributed by atoms with Crippen molar-refractivity contribution >= 4 is 12.1 Å². The Morgan fingerprint density at radius 1 is 1.33 bits per heavy atom. The van der Waals surface area contributed by atoms with E-state index in [1.54, 1.807) is 13.8 Å².